The molecule has 2 rings (SSSR count). The molecular formula is C8H5ClFN3S. The normalized spacial score (nSPS) is 10.4. The van der Waals surface area contributed by atoms with Crippen LogP contribution >= 0.6 is 23.1 Å². The van der Waals surface area contributed by atoms with Crippen LogP contribution in [0.2, 0.25) is 5.02 Å². The van der Waals surface area contributed by atoms with E-state index < -0.39 is 5.82 Å². The predicted molar refractivity (Wildman–Crippen MR) is 54.7 cm³/mol. The molecule has 1 aromatic carbocycles. The van der Waals surface area contributed by atoms with E-state index in [4.69, 9.17) is 17.3 Å². The Hall–Kier alpha value is -1.20. The van der Waals surface area contributed by atoms with Gasteiger partial charge >= 0.3 is 0 Å². The Balaban J connectivity index is 2.47. The molecule has 0 unspecified atom stereocenters. The summed E-state index contributed by atoms with van der Waals surface area (Å²) < 4.78 is 17.0. The van der Waals surface area contributed by atoms with E-state index in [1.165, 1.54) is 12.1 Å². The van der Waals surface area contributed by atoms with Crippen LogP contribution in [0.25, 0.3) is 11.4 Å². The van der Waals surface area contributed by atoms with Gasteiger partial charge in [0.25, 0.3) is 0 Å². The second-order valence-corrected chi connectivity index (χ2v) is 3.78. The first-order chi connectivity index (χ1) is 6.66. The molecule has 0 spiro atoms. The molecule has 2 aromatic rings. The van der Waals surface area contributed by atoms with Crippen LogP contribution in [0.3, 0.4) is 0 Å². The van der Waals surface area contributed by atoms with Crippen molar-refractivity contribution in [2.45, 2.75) is 0 Å². The average molecular weight is 230 g/mol. The minimum Gasteiger partial charge on any atom is -0.374 e. The number of nitrogens with zero attached hydrogens (tertiary/aromatic N) is 2. The highest BCUT2D eigenvalue weighted by Gasteiger charge is 2.07. The van der Waals surface area contributed by atoms with Crippen molar-refractivity contribution in [3.63, 3.8) is 0 Å². The van der Waals surface area contributed by atoms with E-state index >= 15 is 0 Å². The molecule has 0 saturated carbocycles. The van der Waals surface area contributed by atoms with Crippen molar-refractivity contribution < 1.29 is 4.39 Å². The number of nitrogens with two attached hydrogens (primary N) is 1. The predicted octanol–water partition coefficient (Wildman–Crippen LogP) is 2.58. The molecule has 0 aliphatic heterocycles. The van der Waals surface area contributed by atoms with Crippen LogP contribution in [0.5, 0.6) is 0 Å². The summed E-state index contributed by atoms with van der Waals surface area (Å²) in [5, 5.41) is 0.437. The van der Waals surface area contributed by atoms with Gasteiger partial charge in [-0.15, -0.1) is 0 Å². The molecule has 0 amide bonds. The van der Waals surface area contributed by atoms with Crippen molar-refractivity contribution in [3.05, 3.63) is 29.0 Å². The van der Waals surface area contributed by atoms with Gasteiger partial charge < -0.3 is 5.73 Å². The fraction of sp³-hybridized carbons (Fsp3) is 0. The average Bonchev–Trinajstić information content (AvgIpc) is 2.57. The number of aromatic nitrogens is 2. The summed E-state index contributed by atoms with van der Waals surface area (Å²) in [5.41, 5.74) is 5.98. The maximum atomic E-state index is 13.1. The zero-order valence-corrected chi connectivity index (χ0v) is 8.44. The van der Waals surface area contributed by atoms with Crippen molar-refractivity contribution in [2.24, 2.45) is 0 Å². The van der Waals surface area contributed by atoms with Gasteiger partial charge in [0.05, 0.1) is 5.02 Å². The molecular weight excluding hydrogens is 225 g/mol. The lowest BCUT2D eigenvalue weighted by Crippen LogP contribution is -1.85. The van der Waals surface area contributed by atoms with Crippen LogP contribution in [-0.4, -0.2) is 9.36 Å². The zero-order chi connectivity index (χ0) is 10.1. The van der Waals surface area contributed by atoms with Crippen molar-refractivity contribution in [2.75, 3.05) is 5.73 Å². The summed E-state index contributed by atoms with van der Waals surface area (Å²) in [6.45, 7) is 0. The smallest absolute Gasteiger partial charge is 0.200 e. The minimum atomic E-state index is -0.488. The minimum absolute atomic E-state index is 0.0805. The zero-order valence-electron chi connectivity index (χ0n) is 6.87. The lowest BCUT2D eigenvalue weighted by Gasteiger charge is -1.96. The Morgan fingerprint density at radius 1 is 1.43 bits per heavy atom. The second kappa shape index (κ2) is 3.51. The molecule has 3 nitrogen and oxygen atoms in total. The fourth-order valence-electron chi connectivity index (χ4n) is 0.988. The largest absolute Gasteiger partial charge is 0.374 e. The topological polar surface area (TPSA) is 51.8 Å². The number of hydrogen-bond acceptors (Lipinski definition) is 4. The molecule has 0 bridgehead atoms. The molecule has 2 N–H and O–H groups in total. The summed E-state index contributed by atoms with van der Waals surface area (Å²) in [7, 11) is 0. The third-order valence-corrected chi connectivity index (χ3v) is 2.47. The van der Waals surface area contributed by atoms with E-state index in [9.17, 15) is 4.39 Å². The Kier molecular flexibility index (Phi) is 2.35. The van der Waals surface area contributed by atoms with Crippen LogP contribution in [0.1, 0.15) is 0 Å². The van der Waals surface area contributed by atoms with Crippen molar-refractivity contribution in [3.8, 4) is 11.4 Å². The first-order valence-electron chi connectivity index (χ1n) is 3.71. The lowest BCUT2D eigenvalue weighted by molar-refractivity contribution is 0.628. The van der Waals surface area contributed by atoms with Gasteiger partial charge in [0.2, 0.25) is 0 Å². The molecule has 0 aliphatic carbocycles. The highest BCUT2D eigenvalue weighted by Crippen LogP contribution is 2.23. The quantitative estimate of drug-likeness (QED) is 0.818. The first-order valence-corrected chi connectivity index (χ1v) is 4.86. The SMILES string of the molecule is Nc1nc(-c2ccc(Cl)c(F)c2)ns1. The van der Waals surface area contributed by atoms with Crippen LogP contribution in [0.4, 0.5) is 9.52 Å². The van der Waals surface area contributed by atoms with Gasteiger partial charge in [-0.2, -0.15) is 9.36 Å². The van der Waals surface area contributed by atoms with E-state index in [0.29, 0.717) is 16.5 Å². The molecule has 0 aliphatic rings. The highest BCUT2D eigenvalue weighted by atomic mass is 35.5. The number of hydrogen-bond donors (Lipinski definition) is 1. The van der Waals surface area contributed by atoms with Gasteiger partial charge in [0.1, 0.15) is 5.82 Å². The standard InChI is InChI=1S/C8H5ClFN3S/c9-5-2-1-4(3-6(5)10)7-12-8(11)14-13-7/h1-3H,(H2,11,12,13). The van der Waals surface area contributed by atoms with Crippen LogP contribution in [-0.2, 0) is 0 Å². The molecule has 0 fully saturated rings. The van der Waals surface area contributed by atoms with Gasteiger partial charge in [-0.1, -0.05) is 11.6 Å². The van der Waals surface area contributed by atoms with Gasteiger partial charge in [-0.05, 0) is 18.2 Å². The fourth-order valence-corrected chi connectivity index (χ4v) is 1.56. The second-order valence-electron chi connectivity index (χ2n) is 2.59. The van der Waals surface area contributed by atoms with Crippen molar-refractivity contribution in [1.82, 2.24) is 9.36 Å². The molecule has 6 heteroatoms. The molecule has 0 saturated heterocycles. The number of rotatable bonds is 1. The monoisotopic (exact) mass is 229 g/mol. The van der Waals surface area contributed by atoms with Gasteiger partial charge in [-0.25, -0.2) is 4.39 Å². The lowest BCUT2D eigenvalue weighted by atomic mass is 10.2. The van der Waals surface area contributed by atoms with Crippen LogP contribution < -0.4 is 5.73 Å². The Morgan fingerprint density at radius 2 is 2.21 bits per heavy atom. The molecule has 1 aromatic heterocycles. The van der Waals surface area contributed by atoms with E-state index in [2.05, 4.69) is 9.36 Å². The molecule has 72 valence electrons. The molecule has 0 atom stereocenters. The van der Waals surface area contributed by atoms with Crippen LogP contribution in [0, 0.1) is 5.82 Å². The number of halogens is 2. The number of anilines is 1. The van der Waals surface area contributed by atoms with Gasteiger partial charge in [0, 0.05) is 17.1 Å². The van der Waals surface area contributed by atoms with E-state index in [-0.39, 0.29) is 5.02 Å². The van der Waals surface area contributed by atoms with E-state index in [1.54, 1.807) is 6.07 Å². The van der Waals surface area contributed by atoms with Crippen LogP contribution in [0.15, 0.2) is 18.2 Å². The maximum Gasteiger partial charge on any atom is 0.200 e. The Labute approximate surface area is 88.5 Å². The third kappa shape index (κ3) is 1.69. The van der Waals surface area contributed by atoms with Crippen molar-refractivity contribution >= 4 is 28.3 Å². The Bertz CT molecular complexity index is 471. The van der Waals surface area contributed by atoms with Gasteiger partial charge in [0.15, 0.2) is 11.0 Å². The third-order valence-electron chi connectivity index (χ3n) is 1.62. The summed E-state index contributed by atoms with van der Waals surface area (Å²) in [6.07, 6.45) is 0. The summed E-state index contributed by atoms with van der Waals surface area (Å²) in [4.78, 5) is 3.93. The van der Waals surface area contributed by atoms with Gasteiger partial charge in [-0.3, -0.25) is 0 Å². The molecule has 1 heterocycles. The summed E-state index contributed by atoms with van der Waals surface area (Å²) in [5.74, 6) is -0.0689. The van der Waals surface area contributed by atoms with E-state index in [1.807, 2.05) is 0 Å². The highest BCUT2D eigenvalue weighted by molar-refractivity contribution is 7.09. The Morgan fingerprint density at radius 3 is 2.79 bits per heavy atom. The summed E-state index contributed by atoms with van der Waals surface area (Å²) in [6, 6.07) is 4.39. The van der Waals surface area contributed by atoms with Crippen molar-refractivity contribution in [1.29, 1.82) is 0 Å². The summed E-state index contributed by atoms with van der Waals surface area (Å²) >= 11 is 6.61. The number of nitrogen functional groups attached to an aromatic ring is 1. The molecule has 14 heavy (non-hydrogen) atoms. The molecule has 0 radical (unpaired) electrons. The number of benzene rings is 1. The van der Waals surface area contributed by atoms with E-state index in [0.717, 1.165) is 11.5 Å². The maximum absolute atomic E-state index is 13.1. The first kappa shape index (κ1) is 9.36.